The molecule has 0 unspecified atom stereocenters. The number of benzene rings is 4. The number of halogens is 8. The minimum absolute atomic E-state index is 0. The summed E-state index contributed by atoms with van der Waals surface area (Å²) in [6, 6.07) is 16.9. The standard InChI is InChI=1S/C32H28BF8.Na.2H2O/c34-13-21-1-22(14-35)6-29(5-21)33(30-7-23(15-36)2-24(8-30)16-37,31-9-25(17-38)3-26(10-31)18-39)32-11-27(19-40)4-28(12-32)20-41;;;/h1-12H,13-20H2;;2*1H2/q-1;+1;;. The van der Waals surface area contributed by atoms with Crippen molar-refractivity contribution in [2.45, 2.75) is 53.4 Å². The van der Waals surface area contributed by atoms with Gasteiger partial charge >= 0.3 is 29.6 Å². The van der Waals surface area contributed by atoms with Crippen LogP contribution in [0.5, 0.6) is 0 Å². The molecule has 0 bridgehead atoms. The number of hydrogen-bond acceptors (Lipinski definition) is 0. The van der Waals surface area contributed by atoms with Crippen molar-refractivity contribution in [3.8, 4) is 0 Å². The Bertz CT molecular complexity index is 1210. The van der Waals surface area contributed by atoms with Gasteiger partial charge in [-0.15, -0.1) is 0 Å². The topological polar surface area (TPSA) is 63.0 Å². The molecule has 4 aromatic rings. The first-order valence-corrected chi connectivity index (χ1v) is 13.0. The molecule has 0 aromatic heterocycles. The monoisotopic (exact) mass is 634 g/mol. The van der Waals surface area contributed by atoms with Gasteiger partial charge in [0.05, 0.1) is 0 Å². The number of alkyl halides is 8. The molecule has 0 aliphatic heterocycles. The zero-order valence-corrected chi connectivity index (χ0v) is 26.2. The molecule has 4 N–H and O–H groups in total. The minimum Gasteiger partial charge on any atom is -0.412 e. The van der Waals surface area contributed by atoms with Crippen molar-refractivity contribution in [3.63, 3.8) is 0 Å². The van der Waals surface area contributed by atoms with E-state index >= 15 is 0 Å². The van der Waals surface area contributed by atoms with E-state index in [1.807, 2.05) is 0 Å². The van der Waals surface area contributed by atoms with Crippen LogP contribution < -0.4 is 51.4 Å². The third-order valence-corrected chi connectivity index (χ3v) is 7.53. The summed E-state index contributed by atoms with van der Waals surface area (Å²) in [6.45, 7) is -7.83. The summed E-state index contributed by atoms with van der Waals surface area (Å²) in [5.74, 6) is 0. The van der Waals surface area contributed by atoms with Gasteiger partial charge in [-0.2, -0.15) is 21.9 Å². The Hall–Kier alpha value is -2.70. The van der Waals surface area contributed by atoms with Crippen molar-refractivity contribution in [2.24, 2.45) is 0 Å². The van der Waals surface area contributed by atoms with E-state index in [4.69, 9.17) is 0 Å². The second-order valence-electron chi connectivity index (χ2n) is 10.3. The Kier molecular flexibility index (Phi) is 15.8. The molecule has 0 atom stereocenters. The van der Waals surface area contributed by atoms with Gasteiger partial charge in [0, 0.05) is 0 Å². The second-order valence-corrected chi connectivity index (χ2v) is 10.3. The van der Waals surface area contributed by atoms with Crippen LogP contribution in [0.3, 0.4) is 0 Å². The van der Waals surface area contributed by atoms with Crippen molar-refractivity contribution in [1.29, 1.82) is 0 Å². The summed E-state index contributed by atoms with van der Waals surface area (Å²) in [7, 11) is 0. The summed E-state index contributed by atoms with van der Waals surface area (Å²) in [5.41, 5.74) is 1.77. The summed E-state index contributed by atoms with van der Waals surface area (Å²) in [5, 5.41) is 0. The molecule has 232 valence electrons. The van der Waals surface area contributed by atoms with Crippen molar-refractivity contribution < 1.29 is 75.6 Å². The van der Waals surface area contributed by atoms with Crippen LogP contribution in [-0.4, -0.2) is 17.1 Å². The SMILES string of the molecule is FCc1cc(CF)cc([B-](c2cc(CF)cc(CF)c2)(c2cc(CF)cc(CF)c2)c2cc(CF)cc(CF)c2)c1.O.O.[Na+]. The van der Waals surface area contributed by atoms with Crippen molar-refractivity contribution in [1.82, 2.24) is 0 Å². The number of rotatable bonds is 12. The third kappa shape index (κ3) is 7.93. The van der Waals surface area contributed by atoms with E-state index in [1.165, 1.54) is 72.8 Å². The Labute approximate surface area is 273 Å². The Morgan fingerprint density at radius 3 is 0.545 bits per heavy atom. The molecule has 0 aliphatic rings. The largest absolute Gasteiger partial charge is 1.00 e. The van der Waals surface area contributed by atoms with E-state index < -0.39 is 59.5 Å². The molecular formula is C32H32BF8NaO2. The van der Waals surface area contributed by atoms with Gasteiger partial charge in [0.15, 0.2) is 0 Å². The van der Waals surface area contributed by atoms with E-state index in [1.54, 1.807) is 0 Å². The molecule has 44 heavy (non-hydrogen) atoms. The number of hydrogen-bond donors (Lipinski definition) is 0. The van der Waals surface area contributed by atoms with Gasteiger partial charge in [0.1, 0.15) is 59.5 Å². The van der Waals surface area contributed by atoms with Gasteiger partial charge in [-0.25, -0.2) is 35.1 Å². The molecule has 4 aromatic carbocycles. The summed E-state index contributed by atoms with van der Waals surface area (Å²) in [4.78, 5) is 0. The van der Waals surface area contributed by atoms with Crippen LogP contribution in [0.2, 0.25) is 0 Å². The molecule has 0 saturated carbocycles. The van der Waals surface area contributed by atoms with E-state index in [9.17, 15) is 35.1 Å². The average Bonchev–Trinajstić information content (AvgIpc) is 3.04. The zero-order valence-electron chi connectivity index (χ0n) is 24.2. The van der Waals surface area contributed by atoms with E-state index in [0.29, 0.717) is 0 Å². The second kappa shape index (κ2) is 17.7. The Morgan fingerprint density at radius 1 is 0.295 bits per heavy atom. The van der Waals surface area contributed by atoms with E-state index in [2.05, 4.69) is 0 Å². The molecule has 0 fully saturated rings. The Morgan fingerprint density at radius 2 is 0.432 bits per heavy atom. The fourth-order valence-electron chi connectivity index (χ4n) is 5.94. The first kappa shape index (κ1) is 39.3. The first-order chi connectivity index (χ1) is 19.9. The Balaban J connectivity index is 0.00000323. The molecule has 0 saturated heterocycles. The summed E-state index contributed by atoms with van der Waals surface area (Å²) < 4.78 is 113. The molecule has 12 heteroatoms. The fraction of sp³-hybridized carbons (Fsp3) is 0.250. The molecule has 4 rings (SSSR count). The van der Waals surface area contributed by atoms with Gasteiger partial charge in [0.25, 0.3) is 0 Å². The molecule has 0 heterocycles. The normalized spacial score (nSPS) is 10.9. The quantitative estimate of drug-likeness (QED) is 0.170. The summed E-state index contributed by atoms with van der Waals surface area (Å²) in [6.07, 6.45) is -2.76. The maximum Gasteiger partial charge on any atom is 1.00 e. The average molecular weight is 634 g/mol. The van der Waals surface area contributed by atoms with Crippen molar-refractivity contribution in [3.05, 3.63) is 117 Å². The molecule has 0 amide bonds. The van der Waals surface area contributed by atoms with Gasteiger partial charge < -0.3 is 11.0 Å². The third-order valence-electron chi connectivity index (χ3n) is 7.53. The maximum atomic E-state index is 14.1. The summed E-state index contributed by atoms with van der Waals surface area (Å²) >= 11 is 0. The van der Waals surface area contributed by atoms with Crippen LogP contribution in [0, 0.1) is 0 Å². The predicted octanol–water partition coefficient (Wildman–Crippen LogP) is 2.17. The first-order valence-electron chi connectivity index (χ1n) is 13.0. The van der Waals surface area contributed by atoms with Crippen LogP contribution in [0.25, 0.3) is 0 Å². The molecule has 0 aliphatic carbocycles. The van der Waals surface area contributed by atoms with Crippen LogP contribution in [0.15, 0.2) is 72.8 Å². The van der Waals surface area contributed by atoms with Gasteiger partial charge in [0.2, 0.25) is 0 Å². The van der Waals surface area contributed by atoms with Crippen LogP contribution in [0.4, 0.5) is 35.1 Å². The molecule has 2 nitrogen and oxygen atoms in total. The van der Waals surface area contributed by atoms with E-state index in [0.717, 1.165) is 0 Å². The van der Waals surface area contributed by atoms with Crippen LogP contribution >= 0.6 is 0 Å². The predicted molar refractivity (Wildman–Crippen MR) is 156 cm³/mol. The maximum absolute atomic E-state index is 14.1. The van der Waals surface area contributed by atoms with Crippen molar-refractivity contribution >= 4 is 28.0 Å². The van der Waals surface area contributed by atoms with Crippen LogP contribution in [-0.2, 0) is 53.4 Å². The fourth-order valence-corrected chi connectivity index (χ4v) is 5.94. The van der Waals surface area contributed by atoms with Crippen molar-refractivity contribution in [2.75, 3.05) is 0 Å². The van der Waals surface area contributed by atoms with E-state index in [-0.39, 0.29) is 107 Å². The van der Waals surface area contributed by atoms with Crippen LogP contribution in [0.1, 0.15) is 44.5 Å². The van der Waals surface area contributed by atoms with Gasteiger partial charge in [-0.1, -0.05) is 72.8 Å². The minimum atomic E-state index is -2.76. The molecule has 0 spiro atoms. The smallest absolute Gasteiger partial charge is 0.412 e. The van der Waals surface area contributed by atoms with Gasteiger partial charge in [-0.3, -0.25) is 0 Å². The molecule has 0 radical (unpaired) electrons. The molecular weight excluding hydrogens is 602 g/mol. The van der Waals surface area contributed by atoms with Gasteiger partial charge in [-0.05, 0) is 44.5 Å². The zero-order chi connectivity index (χ0) is 29.6.